The third-order valence-electron chi connectivity index (χ3n) is 4.08. The normalized spacial score (nSPS) is 16.5. The molecule has 1 unspecified atom stereocenters. The van der Waals surface area contributed by atoms with E-state index >= 15 is 0 Å². The quantitative estimate of drug-likeness (QED) is 0.704. The molecule has 2 aromatic rings. The van der Waals surface area contributed by atoms with Crippen molar-refractivity contribution in [1.82, 2.24) is 5.32 Å². The lowest BCUT2D eigenvalue weighted by atomic mass is 9.87. The highest BCUT2D eigenvalue weighted by Crippen LogP contribution is 2.47. The maximum Gasteiger partial charge on any atom is 0.0409 e. The van der Waals surface area contributed by atoms with Crippen molar-refractivity contribution in [3.05, 3.63) is 58.6 Å². The number of benzene rings is 2. The molecule has 1 heterocycles. The number of rotatable bonds is 5. The summed E-state index contributed by atoms with van der Waals surface area (Å²) in [5.74, 6) is 0.458. The first-order chi connectivity index (χ1) is 10.6. The predicted octanol–water partition coefficient (Wildman–Crippen LogP) is 5.71. The van der Waals surface area contributed by atoms with Crippen molar-refractivity contribution in [2.75, 3.05) is 6.54 Å². The molecular weight excluding hydrogens is 310 g/mol. The summed E-state index contributed by atoms with van der Waals surface area (Å²) in [5.41, 5.74) is 2.84. The van der Waals surface area contributed by atoms with Crippen LogP contribution in [-0.4, -0.2) is 12.6 Å². The van der Waals surface area contributed by atoms with Crippen molar-refractivity contribution in [2.45, 2.75) is 48.4 Å². The Labute approximate surface area is 142 Å². The molecule has 0 amide bonds. The van der Waals surface area contributed by atoms with Gasteiger partial charge in [-0.1, -0.05) is 55.4 Å². The minimum atomic E-state index is 0.458. The van der Waals surface area contributed by atoms with Gasteiger partial charge in [-0.15, -0.1) is 0 Å². The summed E-state index contributed by atoms with van der Waals surface area (Å²) < 4.78 is 0. The standard InChI is InChI=1S/C19H22ClNS/c1-13(2)21-11-5-7-15-16-6-3-4-8-18(16)22-19-10-9-14(20)12-17(15)19/h3-4,6,8-10,12-13,15,21H,5,7,11H2,1-2H3. The molecule has 116 valence electrons. The van der Waals surface area contributed by atoms with E-state index in [4.69, 9.17) is 11.6 Å². The van der Waals surface area contributed by atoms with E-state index in [1.54, 1.807) is 0 Å². The SMILES string of the molecule is CC(C)NCCCC1c2ccccc2Sc2ccc(Cl)cc21. The number of hydrogen-bond acceptors (Lipinski definition) is 2. The van der Waals surface area contributed by atoms with Gasteiger partial charge in [0.05, 0.1) is 0 Å². The van der Waals surface area contributed by atoms with Gasteiger partial charge < -0.3 is 5.32 Å². The molecule has 3 heteroatoms. The third-order valence-corrected chi connectivity index (χ3v) is 5.50. The van der Waals surface area contributed by atoms with E-state index in [-0.39, 0.29) is 0 Å². The first-order valence-corrected chi connectivity index (χ1v) is 9.14. The summed E-state index contributed by atoms with van der Waals surface area (Å²) in [4.78, 5) is 2.74. The summed E-state index contributed by atoms with van der Waals surface area (Å²) in [6.45, 7) is 5.46. The van der Waals surface area contributed by atoms with E-state index in [0.717, 1.165) is 18.0 Å². The Bertz CT molecular complexity index is 654. The molecule has 3 rings (SSSR count). The summed E-state index contributed by atoms with van der Waals surface area (Å²) in [6, 6.07) is 15.6. The van der Waals surface area contributed by atoms with Gasteiger partial charge in [0.2, 0.25) is 0 Å². The van der Waals surface area contributed by atoms with Crippen LogP contribution in [0.15, 0.2) is 52.3 Å². The largest absolute Gasteiger partial charge is 0.315 e. The minimum Gasteiger partial charge on any atom is -0.315 e. The molecule has 0 saturated carbocycles. The minimum absolute atomic E-state index is 0.458. The van der Waals surface area contributed by atoms with Crippen LogP contribution in [0.25, 0.3) is 0 Å². The molecule has 1 nitrogen and oxygen atoms in total. The first kappa shape index (κ1) is 15.9. The van der Waals surface area contributed by atoms with Crippen molar-refractivity contribution in [3.63, 3.8) is 0 Å². The molecule has 1 N–H and O–H groups in total. The van der Waals surface area contributed by atoms with Crippen LogP contribution in [0.1, 0.15) is 43.7 Å². The smallest absolute Gasteiger partial charge is 0.0409 e. The molecule has 0 fully saturated rings. The molecule has 0 saturated heterocycles. The van der Waals surface area contributed by atoms with Crippen LogP contribution < -0.4 is 5.32 Å². The Morgan fingerprint density at radius 3 is 2.68 bits per heavy atom. The molecule has 2 aromatic carbocycles. The summed E-state index contributed by atoms with van der Waals surface area (Å²) in [7, 11) is 0. The van der Waals surface area contributed by atoms with Gasteiger partial charge in [0, 0.05) is 26.8 Å². The maximum absolute atomic E-state index is 6.25. The fourth-order valence-electron chi connectivity index (χ4n) is 3.04. The topological polar surface area (TPSA) is 12.0 Å². The maximum atomic E-state index is 6.25. The van der Waals surface area contributed by atoms with Crippen LogP contribution in [0.5, 0.6) is 0 Å². The highest BCUT2D eigenvalue weighted by Gasteiger charge is 2.25. The second-order valence-electron chi connectivity index (χ2n) is 6.13. The Balaban J connectivity index is 1.85. The second kappa shape index (κ2) is 7.08. The van der Waals surface area contributed by atoms with Crippen LogP contribution in [-0.2, 0) is 0 Å². The number of hydrogen-bond donors (Lipinski definition) is 1. The zero-order chi connectivity index (χ0) is 15.5. The Morgan fingerprint density at radius 1 is 1.09 bits per heavy atom. The van der Waals surface area contributed by atoms with Gasteiger partial charge >= 0.3 is 0 Å². The monoisotopic (exact) mass is 331 g/mol. The lowest BCUT2D eigenvalue weighted by molar-refractivity contribution is 0.539. The van der Waals surface area contributed by atoms with Crippen molar-refractivity contribution >= 4 is 23.4 Å². The molecule has 1 aliphatic heterocycles. The number of nitrogens with one attached hydrogen (secondary N) is 1. The zero-order valence-corrected chi connectivity index (χ0v) is 14.7. The van der Waals surface area contributed by atoms with Crippen LogP contribution in [0, 0.1) is 0 Å². The molecule has 0 aliphatic carbocycles. The Kier molecular flexibility index (Phi) is 5.12. The van der Waals surface area contributed by atoms with E-state index in [2.05, 4.69) is 55.6 Å². The van der Waals surface area contributed by atoms with Crippen LogP contribution in [0.2, 0.25) is 5.02 Å². The molecule has 1 aliphatic rings. The van der Waals surface area contributed by atoms with Crippen molar-refractivity contribution in [3.8, 4) is 0 Å². The van der Waals surface area contributed by atoms with Crippen molar-refractivity contribution in [1.29, 1.82) is 0 Å². The first-order valence-electron chi connectivity index (χ1n) is 7.95. The van der Waals surface area contributed by atoms with E-state index in [9.17, 15) is 0 Å². The highest BCUT2D eigenvalue weighted by atomic mass is 35.5. The zero-order valence-electron chi connectivity index (χ0n) is 13.1. The van der Waals surface area contributed by atoms with Crippen molar-refractivity contribution in [2.24, 2.45) is 0 Å². The van der Waals surface area contributed by atoms with E-state index < -0.39 is 0 Å². The molecule has 0 spiro atoms. The second-order valence-corrected chi connectivity index (χ2v) is 7.65. The molecule has 0 aromatic heterocycles. The van der Waals surface area contributed by atoms with Gasteiger partial charge in [-0.05, 0) is 54.8 Å². The van der Waals surface area contributed by atoms with Gasteiger partial charge in [-0.2, -0.15) is 0 Å². The fraction of sp³-hybridized carbons (Fsp3) is 0.368. The number of fused-ring (bicyclic) bond motifs is 2. The third kappa shape index (κ3) is 3.51. The van der Waals surface area contributed by atoms with Crippen LogP contribution >= 0.6 is 23.4 Å². The van der Waals surface area contributed by atoms with Gasteiger partial charge in [-0.25, -0.2) is 0 Å². The average Bonchev–Trinajstić information content (AvgIpc) is 2.50. The Morgan fingerprint density at radius 2 is 1.86 bits per heavy atom. The highest BCUT2D eigenvalue weighted by molar-refractivity contribution is 7.99. The predicted molar refractivity (Wildman–Crippen MR) is 96.2 cm³/mol. The molecule has 1 atom stereocenters. The molecule has 0 bridgehead atoms. The Hall–Kier alpha value is -0.960. The summed E-state index contributed by atoms with van der Waals surface area (Å²) in [5, 5.41) is 4.35. The fourth-order valence-corrected chi connectivity index (χ4v) is 4.39. The number of halogens is 1. The van der Waals surface area contributed by atoms with E-state index in [1.165, 1.54) is 27.3 Å². The lowest BCUT2D eigenvalue weighted by Crippen LogP contribution is -2.24. The van der Waals surface area contributed by atoms with Gasteiger partial charge in [0.15, 0.2) is 0 Å². The van der Waals surface area contributed by atoms with Gasteiger partial charge in [0.1, 0.15) is 0 Å². The summed E-state index contributed by atoms with van der Waals surface area (Å²) >= 11 is 8.12. The molecule has 22 heavy (non-hydrogen) atoms. The lowest BCUT2D eigenvalue weighted by Gasteiger charge is -2.28. The van der Waals surface area contributed by atoms with Gasteiger partial charge in [-0.3, -0.25) is 0 Å². The van der Waals surface area contributed by atoms with Crippen molar-refractivity contribution < 1.29 is 0 Å². The van der Waals surface area contributed by atoms with Crippen LogP contribution in [0.3, 0.4) is 0 Å². The van der Waals surface area contributed by atoms with E-state index in [1.807, 2.05) is 17.8 Å². The molecule has 0 radical (unpaired) electrons. The average molecular weight is 332 g/mol. The van der Waals surface area contributed by atoms with E-state index in [0.29, 0.717) is 12.0 Å². The van der Waals surface area contributed by atoms with Gasteiger partial charge in [0.25, 0.3) is 0 Å². The van der Waals surface area contributed by atoms with Crippen LogP contribution in [0.4, 0.5) is 0 Å². The molecular formula is C19H22ClNS. The summed E-state index contributed by atoms with van der Waals surface area (Å²) in [6.07, 6.45) is 2.33.